The zero-order valence-electron chi connectivity index (χ0n) is 20.3. The summed E-state index contributed by atoms with van der Waals surface area (Å²) in [6.45, 7) is 2.60. The van der Waals surface area contributed by atoms with E-state index < -0.39 is 29.1 Å². The molecule has 2 aromatic carbocycles. The number of halogens is 2. The van der Waals surface area contributed by atoms with E-state index in [1.807, 2.05) is 16.4 Å². The van der Waals surface area contributed by atoms with Crippen molar-refractivity contribution in [1.82, 2.24) is 19.8 Å². The maximum Gasteiger partial charge on any atom is 0.251 e. The quantitative estimate of drug-likeness (QED) is 0.373. The van der Waals surface area contributed by atoms with Crippen molar-refractivity contribution in [3.8, 4) is 0 Å². The molecule has 0 spiro atoms. The first-order chi connectivity index (χ1) is 17.3. The van der Waals surface area contributed by atoms with Gasteiger partial charge < -0.3 is 20.1 Å². The largest absolute Gasteiger partial charge is 0.598 e. The van der Waals surface area contributed by atoms with Gasteiger partial charge in [-0.2, -0.15) is 0 Å². The van der Waals surface area contributed by atoms with Gasteiger partial charge in [0.15, 0.2) is 0 Å². The summed E-state index contributed by atoms with van der Waals surface area (Å²) in [7, 11) is 0. The molecule has 1 unspecified atom stereocenters. The summed E-state index contributed by atoms with van der Waals surface area (Å²) in [5, 5.41) is 6.33. The Morgan fingerprint density at radius 2 is 1.64 bits per heavy atom. The standard InChI is InChI=1S/C26H32F2N4O3S/c1-36(35)32-15-13-31(14-16-32)26(34)23(30-25(33)19-6-10-21(28)11-7-19)3-2-12-29-24-17-22(24)18-4-8-20(27)9-5-18/h4-11,22-24,29H,2-3,12-17H2,1H3,(H,30,33)/t22-,23-,24+,36?/m0/s1. The van der Waals surface area contributed by atoms with E-state index in [2.05, 4.69) is 10.6 Å². The normalized spacial score (nSPS) is 21.6. The number of carbonyl (C=O) groups excluding carboxylic acids is 2. The molecule has 4 atom stereocenters. The number of piperazine rings is 1. The fourth-order valence-corrected chi connectivity index (χ4v) is 5.26. The number of carbonyl (C=O) groups is 2. The van der Waals surface area contributed by atoms with Crippen LogP contribution in [0.15, 0.2) is 48.5 Å². The van der Waals surface area contributed by atoms with Crippen molar-refractivity contribution in [2.24, 2.45) is 0 Å². The first-order valence-corrected chi connectivity index (χ1v) is 13.8. The number of rotatable bonds is 10. The zero-order valence-corrected chi connectivity index (χ0v) is 21.1. The van der Waals surface area contributed by atoms with Crippen molar-refractivity contribution in [2.75, 3.05) is 39.0 Å². The van der Waals surface area contributed by atoms with Crippen LogP contribution in [0.2, 0.25) is 0 Å². The molecule has 1 aliphatic heterocycles. The summed E-state index contributed by atoms with van der Waals surface area (Å²) in [6, 6.07) is 11.4. The molecule has 2 amide bonds. The van der Waals surface area contributed by atoms with Crippen LogP contribution in [0.25, 0.3) is 0 Å². The van der Waals surface area contributed by atoms with Gasteiger partial charge in [-0.15, -0.1) is 4.31 Å². The van der Waals surface area contributed by atoms with Gasteiger partial charge in [0.1, 0.15) is 23.9 Å². The zero-order chi connectivity index (χ0) is 25.7. The molecule has 2 N–H and O–H groups in total. The molecule has 7 nitrogen and oxygen atoms in total. The molecule has 0 aromatic heterocycles. The summed E-state index contributed by atoms with van der Waals surface area (Å²) in [5.74, 6) is -0.903. The minimum atomic E-state index is -1.08. The van der Waals surface area contributed by atoms with E-state index >= 15 is 0 Å². The summed E-state index contributed by atoms with van der Waals surface area (Å²) < 4.78 is 40.0. The van der Waals surface area contributed by atoms with E-state index in [4.69, 9.17) is 0 Å². The van der Waals surface area contributed by atoms with Gasteiger partial charge in [-0.25, -0.2) is 8.78 Å². The lowest BCUT2D eigenvalue weighted by molar-refractivity contribution is -0.134. The third-order valence-electron chi connectivity index (χ3n) is 6.79. The highest BCUT2D eigenvalue weighted by Crippen LogP contribution is 2.40. The molecule has 1 aliphatic carbocycles. The lowest BCUT2D eigenvalue weighted by atomic mass is 10.1. The topological polar surface area (TPSA) is 87.7 Å². The Morgan fingerprint density at radius 3 is 2.25 bits per heavy atom. The summed E-state index contributed by atoms with van der Waals surface area (Å²) in [5.41, 5.74) is 1.40. The maximum atomic E-state index is 13.3. The van der Waals surface area contributed by atoms with Gasteiger partial charge in [-0.3, -0.25) is 9.59 Å². The Kier molecular flexibility index (Phi) is 8.95. The number of amides is 2. The number of benzene rings is 2. The first-order valence-electron chi connectivity index (χ1n) is 12.2. The van der Waals surface area contributed by atoms with Crippen LogP contribution in [0.1, 0.15) is 41.1 Å². The molecule has 1 saturated heterocycles. The molecule has 1 heterocycles. The van der Waals surface area contributed by atoms with Crippen molar-refractivity contribution in [3.63, 3.8) is 0 Å². The van der Waals surface area contributed by atoms with Gasteiger partial charge in [0.05, 0.1) is 13.1 Å². The minimum absolute atomic E-state index is 0.164. The number of nitrogens with zero attached hydrogens (tertiary/aromatic N) is 2. The second-order valence-corrected chi connectivity index (χ2v) is 10.7. The Bertz CT molecular complexity index is 1030. The van der Waals surface area contributed by atoms with Crippen molar-refractivity contribution in [2.45, 2.75) is 37.3 Å². The van der Waals surface area contributed by atoms with E-state index in [1.165, 1.54) is 36.4 Å². The smallest absolute Gasteiger partial charge is 0.251 e. The van der Waals surface area contributed by atoms with Gasteiger partial charge >= 0.3 is 0 Å². The SMILES string of the molecule is C[S+]([O-])N1CCN(C(=O)[C@H](CCCN[C@@H]2C[C@H]2c2ccc(F)cc2)NC(=O)c2ccc(F)cc2)CC1. The molecule has 36 heavy (non-hydrogen) atoms. The van der Waals surface area contributed by atoms with E-state index in [9.17, 15) is 22.9 Å². The Balaban J connectivity index is 1.31. The van der Waals surface area contributed by atoms with Crippen molar-refractivity contribution < 1.29 is 22.9 Å². The molecule has 1 saturated carbocycles. The number of hydrogen-bond donors (Lipinski definition) is 2. The number of hydrogen-bond acceptors (Lipinski definition) is 5. The molecule has 0 radical (unpaired) electrons. The lowest BCUT2D eigenvalue weighted by Crippen LogP contribution is -2.55. The fraction of sp³-hybridized carbons (Fsp3) is 0.462. The van der Waals surface area contributed by atoms with Crippen LogP contribution in [0.5, 0.6) is 0 Å². The third-order valence-corrected chi connectivity index (χ3v) is 7.88. The second kappa shape index (κ2) is 12.1. The van der Waals surface area contributed by atoms with E-state index in [0.29, 0.717) is 63.1 Å². The molecule has 2 aliphatic rings. The average molecular weight is 519 g/mol. The molecular formula is C26H32F2N4O3S. The molecular weight excluding hydrogens is 486 g/mol. The average Bonchev–Trinajstić information content (AvgIpc) is 3.65. The highest BCUT2D eigenvalue weighted by molar-refractivity contribution is 7.88. The Hall–Kier alpha value is -2.53. The summed E-state index contributed by atoms with van der Waals surface area (Å²) >= 11 is -1.08. The lowest BCUT2D eigenvalue weighted by Gasteiger charge is -2.35. The van der Waals surface area contributed by atoms with Crippen LogP contribution in [0, 0.1) is 11.6 Å². The molecule has 0 bridgehead atoms. The molecule has 194 valence electrons. The fourth-order valence-electron chi connectivity index (χ4n) is 4.58. The predicted octanol–water partition coefficient (Wildman–Crippen LogP) is 2.43. The molecule has 2 aromatic rings. The summed E-state index contributed by atoms with van der Waals surface area (Å²) in [6.07, 6.45) is 3.73. The first kappa shape index (κ1) is 26.5. The second-order valence-electron chi connectivity index (χ2n) is 9.31. The maximum absolute atomic E-state index is 13.3. The van der Waals surface area contributed by atoms with Gasteiger partial charge in [0.2, 0.25) is 5.91 Å². The van der Waals surface area contributed by atoms with Gasteiger partial charge in [0.25, 0.3) is 5.91 Å². The van der Waals surface area contributed by atoms with Gasteiger partial charge in [-0.05, 0) is 67.8 Å². The van der Waals surface area contributed by atoms with Crippen molar-refractivity contribution in [1.29, 1.82) is 0 Å². The van der Waals surface area contributed by atoms with E-state index in [0.717, 1.165) is 12.0 Å². The van der Waals surface area contributed by atoms with Crippen LogP contribution in [0.4, 0.5) is 8.78 Å². The minimum Gasteiger partial charge on any atom is -0.598 e. The Labute approximate surface area is 213 Å². The third kappa shape index (κ3) is 7.03. The van der Waals surface area contributed by atoms with Crippen LogP contribution in [-0.4, -0.2) is 76.6 Å². The highest BCUT2D eigenvalue weighted by atomic mass is 32.2. The monoisotopic (exact) mass is 518 g/mol. The van der Waals surface area contributed by atoms with Crippen LogP contribution >= 0.6 is 0 Å². The number of nitrogens with one attached hydrogen (secondary N) is 2. The summed E-state index contributed by atoms with van der Waals surface area (Å²) in [4.78, 5) is 27.8. The van der Waals surface area contributed by atoms with Gasteiger partial charge in [0, 0.05) is 42.0 Å². The Morgan fingerprint density at radius 1 is 1.03 bits per heavy atom. The van der Waals surface area contributed by atoms with Crippen LogP contribution < -0.4 is 10.6 Å². The van der Waals surface area contributed by atoms with Crippen LogP contribution in [0.3, 0.4) is 0 Å². The predicted molar refractivity (Wildman–Crippen MR) is 135 cm³/mol. The van der Waals surface area contributed by atoms with Crippen molar-refractivity contribution >= 4 is 23.2 Å². The molecule has 2 fully saturated rings. The molecule has 4 rings (SSSR count). The molecule has 10 heteroatoms. The highest BCUT2D eigenvalue weighted by Gasteiger charge is 2.38. The van der Waals surface area contributed by atoms with Crippen molar-refractivity contribution in [3.05, 3.63) is 71.3 Å². The van der Waals surface area contributed by atoms with Gasteiger partial charge in [-0.1, -0.05) is 12.1 Å². The van der Waals surface area contributed by atoms with E-state index in [-0.39, 0.29) is 11.7 Å². The van der Waals surface area contributed by atoms with Crippen LogP contribution in [-0.2, 0) is 16.2 Å². The van der Waals surface area contributed by atoms with E-state index in [1.54, 1.807) is 11.2 Å².